The number of amides is 2. The lowest BCUT2D eigenvalue weighted by atomic mass is 10.1. The number of benzene rings is 3. The number of nitrogens with one attached hydrogen (secondary N) is 1. The molecule has 0 unspecified atom stereocenters. The number of hydrogen-bond acceptors (Lipinski definition) is 7. The molecule has 2 amide bonds. The maximum atomic E-state index is 14.6. The molecule has 11 nitrogen and oxygen atoms in total. The van der Waals surface area contributed by atoms with Crippen molar-refractivity contribution in [3.63, 3.8) is 0 Å². The van der Waals surface area contributed by atoms with Gasteiger partial charge in [-0.25, -0.2) is 13.6 Å². The van der Waals surface area contributed by atoms with E-state index in [9.17, 15) is 37.9 Å². The van der Waals surface area contributed by atoms with Crippen LogP contribution in [0.15, 0.2) is 67.0 Å². The zero-order valence-electron chi connectivity index (χ0n) is 26.9. The average Bonchev–Trinajstić information content (AvgIpc) is 3.74. The summed E-state index contributed by atoms with van der Waals surface area (Å²) in [5.74, 6) is -3.02. The molecule has 3 heterocycles. The number of phenolic OH excluding ortho intramolecular Hbond substituents is 1. The number of ether oxygens (including phenoxy) is 1. The molecule has 1 fully saturated rings. The predicted octanol–water partition coefficient (Wildman–Crippen LogP) is 5.36. The third kappa shape index (κ3) is 6.81. The number of hydrogen-bond donors (Lipinski definition) is 2. The van der Waals surface area contributed by atoms with Gasteiger partial charge in [0.25, 0.3) is 0 Å². The summed E-state index contributed by atoms with van der Waals surface area (Å²) in [7, 11) is 0. The third-order valence-corrected chi connectivity index (χ3v) is 8.96. The summed E-state index contributed by atoms with van der Waals surface area (Å²) in [5, 5.41) is 13.2. The number of likely N-dealkylation sites (tertiary alicyclic amines) is 1. The summed E-state index contributed by atoms with van der Waals surface area (Å²) < 4.78 is 37.5. The molecule has 0 spiro atoms. The number of aromatic nitrogens is 2. The summed E-state index contributed by atoms with van der Waals surface area (Å²) >= 11 is 5.82. The number of fused-ring (bicyclic) bond motifs is 2. The van der Waals surface area contributed by atoms with Crippen molar-refractivity contribution >= 4 is 62.8 Å². The van der Waals surface area contributed by atoms with E-state index in [4.69, 9.17) is 16.3 Å². The minimum atomic E-state index is -1.45. The lowest BCUT2D eigenvalue weighted by Gasteiger charge is -2.24. The van der Waals surface area contributed by atoms with Crippen LogP contribution in [-0.4, -0.2) is 67.2 Å². The van der Waals surface area contributed by atoms with Gasteiger partial charge in [0, 0.05) is 63.9 Å². The van der Waals surface area contributed by atoms with E-state index in [1.165, 1.54) is 73.3 Å². The molecule has 0 saturated carbocycles. The number of Topliss-reactive ketones (excluding diaryl/α,β-unsaturated/α-hetero) is 2. The van der Waals surface area contributed by atoms with Gasteiger partial charge in [-0.2, -0.15) is 0 Å². The van der Waals surface area contributed by atoms with Crippen LogP contribution in [-0.2, 0) is 34.0 Å². The first-order chi connectivity index (χ1) is 23.8. The van der Waals surface area contributed by atoms with Crippen LogP contribution in [0.2, 0.25) is 5.02 Å². The Bertz CT molecular complexity index is 2210. The summed E-state index contributed by atoms with van der Waals surface area (Å²) in [6.45, 7) is 1.64. The first-order valence-electron chi connectivity index (χ1n) is 15.6. The number of halogens is 3. The van der Waals surface area contributed by atoms with E-state index >= 15 is 0 Å². The summed E-state index contributed by atoms with van der Waals surface area (Å²) in [6, 6.07) is 12.3. The van der Waals surface area contributed by atoms with Gasteiger partial charge in [0.15, 0.2) is 11.6 Å². The molecule has 0 aliphatic carbocycles. The molecule has 14 heteroatoms. The molecule has 2 atom stereocenters. The Morgan fingerprint density at radius 2 is 1.56 bits per heavy atom. The molecule has 2 N–H and O–H groups in total. The zero-order chi connectivity index (χ0) is 35.9. The van der Waals surface area contributed by atoms with Crippen LogP contribution in [0.4, 0.5) is 8.78 Å². The van der Waals surface area contributed by atoms with Crippen molar-refractivity contribution in [2.45, 2.75) is 52.1 Å². The van der Waals surface area contributed by atoms with Gasteiger partial charge >= 0.3 is 5.97 Å². The molecule has 0 bridgehead atoms. The van der Waals surface area contributed by atoms with Crippen molar-refractivity contribution in [2.24, 2.45) is 0 Å². The standard InChI is InChI=1S/C36H31ClF2N4O7/c1-19(44)27-16-42(30-8-6-23(46)11-25(27)30)18-34(48)50-24-7-9-31-26(12-24)28(20(2)45)15-41(31)17-33(47)43-14-22(38)10-32(43)36(49)40-13-21-4-3-5-29(37)35(21)39/h3-9,11-12,15-16,22,32,46H,10,13-14,17-18H2,1-2H3,(H,40,49)/t22-,32+/m1/s1. The number of nitrogens with zero attached hydrogens (tertiary/aromatic N) is 3. The summed E-state index contributed by atoms with van der Waals surface area (Å²) in [4.78, 5) is 65.4. The largest absolute Gasteiger partial charge is 0.508 e. The van der Waals surface area contributed by atoms with Crippen molar-refractivity contribution < 1.29 is 42.6 Å². The normalized spacial score (nSPS) is 15.8. The Balaban J connectivity index is 1.18. The van der Waals surface area contributed by atoms with Crippen LogP contribution in [0, 0.1) is 5.82 Å². The van der Waals surface area contributed by atoms with Crippen LogP contribution < -0.4 is 10.1 Å². The predicted molar refractivity (Wildman–Crippen MR) is 179 cm³/mol. The first-order valence-corrected chi connectivity index (χ1v) is 16.0. The fourth-order valence-corrected chi connectivity index (χ4v) is 6.48. The minimum Gasteiger partial charge on any atom is -0.508 e. The highest BCUT2D eigenvalue weighted by Crippen LogP contribution is 2.30. The van der Waals surface area contributed by atoms with Crippen LogP contribution >= 0.6 is 11.6 Å². The van der Waals surface area contributed by atoms with E-state index in [1.54, 1.807) is 16.7 Å². The van der Waals surface area contributed by atoms with Gasteiger partial charge in [-0.05, 0) is 56.3 Å². The number of phenols is 1. The Morgan fingerprint density at radius 3 is 2.24 bits per heavy atom. The fourth-order valence-electron chi connectivity index (χ4n) is 6.28. The van der Waals surface area contributed by atoms with Crippen LogP contribution in [0.1, 0.15) is 46.5 Å². The number of alkyl halides is 1. The SMILES string of the molecule is CC(=O)c1cn(CC(=O)Oc2ccc3c(c2)c(C(C)=O)cn3CC(=O)N2C[C@H](F)C[C@H]2C(=O)NCc2cccc(Cl)c2F)c2ccc(O)cc12. The molecule has 5 aromatic rings. The van der Waals surface area contributed by atoms with Gasteiger partial charge in [0.2, 0.25) is 11.8 Å². The lowest BCUT2D eigenvalue weighted by molar-refractivity contribution is -0.139. The van der Waals surface area contributed by atoms with Crippen LogP contribution in [0.3, 0.4) is 0 Å². The molecule has 1 aliphatic heterocycles. The molecular formula is C36H31ClF2N4O7. The quantitative estimate of drug-likeness (QED) is 0.113. The fraction of sp³-hybridized carbons (Fsp3) is 0.250. The van der Waals surface area contributed by atoms with Crippen molar-refractivity contribution in [2.75, 3.05) is 6.54 Å². The lowest BCUT2D eigenvalue weighted by Crippen LogP contribution is -2.46. The van der Waals surface area contributed by atoms with Gasteiger partial charge in [-0.3, -0.25) is 19.2 Å². The highest BCUT2D eigenvalue weighted by molar-refractivity contribution is 6.30. The molecule has 50 heavy (non-hydrogen) atoms. The van der Waals surface area contributed by atoms with E-state index in [1.807, 2.05) is 0 Å². The smallest absolute Gasteiger partial charge is 0.331 e. The Morgan fingerprint density at radius 1 is 0.920 bits per heavy atom. The van der Waals surface area contributed by atoms with Crippen LogP contribution in [0.5, 0.6) is 11.5 Å². The first kappa shape index (κ1) is 34.3. The number of rotatable bonds is 10. The molecule has 6 rings (SSSR count). The van der Waals surface area contributed by atoms with E-state index in [2.05, 4.69) is 5.32 Å². The van der Waals surface area contributed by atoms with Gasteiger partial charge in [0.05, 0.1) is 11.6 Å². The van der Waals surface area contributed by atoms with E-state index in [0.717, 1.165) is 4.90 Å². The number of aromatic hydroxyl groups is 1. The van der Waals surface area contributed by atoms with Crippen LogP contribution in [0.25, 0.3) is 21.8 Å². The molecule has 3 aromatic carbocycles. The monoisotopic (exact) mass is 704 g/mol. The molecule has 1 saturated heterocycles. The van der Waals surface area contributed by atoms with Gasteiger partial charge < -0.3 is 29.2 Å². The van der Waals surface area contributed by atoms with Crippen molar-refractivity contribution in [3.8, 4) is 11.5 Å². The molecule has 1 aliphatic rings. The maximum absolute atomic E-state index is 14.6. The van der Waals surface area contributed by atoms with Gasteiger partial charge in [0.1, 0.15) is 42.6 Å². The average molecular weight is 705 g/mol. The van der Waals surface area contributed by atoms with Crippen molar-refractivity contribution in [1.29, 1.82) is 0 Å². The van der Waals surface area contributed by atoms with E-state index in [-0.39, 0.29) is 71.8 Å². The third-order valence-electron chi connectivity index (χ3n) is 8.67. The summed E-state index contributed by atoms with van der Waals surface area (Å²) in [5.41, 5.74) is 1.73. The second-order valence-corrected chi connectivity index (χ2v) is 12.5. The summed E-state index contributed by atoms with van der Waals surface area (Å²) in [6.07, 6.45) is 1.31. The van der Waals surface area contributed by atoms with Crippen molar-refractivity contribution in [1.82, 2.24) is 19.4 Å². The maximum Gasteiger partial charge on any atom is 0.331 e. The molecule has 258 valence electrons. The molecule has 2 aromatic heterocycles. The Hall–Kier alpha value is -5.56. The minimum absolute atomic E-state index is 0.0244. The van der Waals surface area contributed by atoms with E-state index in [0.29, 0.717) is 27.4 Å². The Labute approximate surface area is 289 Å². The van der Waals surface area contributed by atoms with Gasteiger partial charge in [-0.15, -0.1) is 0 Å². The van der Waals surface area contributed by atoms with Crippen molar-refractivity contribution in [3.05, 3.63) is 94.5 Å². The Kier molecular flexibility index (Phi) is 9.43. The second-order valence-electron chi connectivity index (χ2n) is 12.1. The number of carbonyl (C=O) groups excluding carboxylic acids is 5. The molecule has 0 radical (unpaired) electrons. The van der Waals surface area contributed by atoms with E-state index < -0.39 is 35.8 Å². The number of carbonyl (C=O) groups is 5. The molecular weight excluding hydrogens is 674 g/mol. The topological polar surface area (TPSA) is 140 Å². The number of esters is 1. The highest BCUT2D eigenvalue weighted by Gasteiger charge is 2.40. The highest BCUT2D eigenvalue weighted by atomic mass is 35.5. The zero-order valence-corrected chi connectivity index (χ0v) is 27.7. The van der Waals surface area contributed by atoms with Gasteiger partial charge in [-0.1, -0.05) is 23.7 Å². The number of ketones is 2. The second kappa shape index (κ2) is 13.7.